The molecule has 5 nitrogen and oxygen atoms in total. The van der Waals surface area contributed by atoms with E-state index in [4.69, 9.17) is 5.11 Å². The quantitative estimate of drug-likeness (QED) is 0.922. The van der Waals surface area contributed by atoms with Crippen LogP contribution < -0.4 is 4.31 Å². The van der Waals surface area contributed by atoms with E-state index in [2.05, 4.69) is 13.8 Å². The highest BCUT2D eigenvalue weighted by Gasteiger charge is 2.37. The maximum absolute atomic E-state index is 13.0. The van der Waals surface area contributed by atoms with Gasteiger partial charge < -0.3 is 5.11 Å². The number of hydrogen-bond acceptors (Lipinski definition) is 3. The van der Waals surface area contributed by atoms with Crippen LogP contribution in [0.15, 0.2) is 53.4 Å². The molecule has 1 N–H and O–H groups in total. The summed E-state index contributed by atoms with van der Waals surface area (Å²) in [6.07, 6.45) is 0. The molecule has 1 unspecified atom stereocenters. The molecule has 0 amide bonds. The first kappa shape index (κ1) is 16.5. The summed E-state index contributed by atoms with van der Waals surface area (Å²) in [6, 6.07) is 12.9. The van der Waals surface area contributed by atoms with Gasteiger partial charge in [-0.3, -0.25) is 4.31 Å². The molecule has 3 rings (SSSR count). The van der Waals surface area contributed by atoms with Crippen molar-refractivity contribution in [3.63, 3.8) is 0 Å². The van der Waals surface area contributed by atoms with Gasteiger partial charge in [-0.15, -0.1) is 0 Å². The number of anilines is 1. The van der Waals surface area contributed by atoms with E-state index in [1.54, 1.807) is 0 Å². The van der Waals surface area contributed by atoms with E-state index in [1.807, 2.05) is 24.3 Å². The number of carboxylic acids is 1. The predicted molar refractivity (Wildman–Crippen MR) is 92.0 cm³/mol. The second-order valence-electron chi connectivity index (χ2n) is 6.27. The van der Waals surface area contributed by atoms with Gasteiger partial charge in [0.2, 0.25) is 0 Å². The van der Waals surface area contributed by atoms with Crippen LogP contribution in [0.25, 0.3) is 0 Å². The van der Waals surface area contributed by atoms with Crippen molar-refractivity contribution in [3.8, 4) is 0 Å². The van der Waals surface area contributed by atoms with Crippen LogP contribution in [0.3, 0.4) is 0 Å². The Kier molecular flexibility index (Phi) is 4.09. The van der Waals surface area contributed by atoms with Crippen LogP contribution in [0, 0.1) is 5.92 Å². The van der Waals surface area contributed by atoms with Crippen LogP contribution in [0.1, 0.15) is 35.7 Å². The highest BCUT2D eigenvalue weighted by atomic mass is 32.2. The third-order valence-corrected chi connectivity index (χ3v) is 6.26. The molecule has 1 aliphatic heterocycles. The van der Waals surface area contributed by atoms with Crippen molar-refractivity contribution in [1.82, 2.24) is 0 Å². The van der Waals surface area contributed by atoms with Gasteiger partial charge in [-0.2, -0.15) is 0 Å². The van der Waals surface area contributed by atoms with E-state index < -0.39 is 16.0 Å². The lowest BCUT2D eigenvalue weighted by molar-refractivity contribution is 0.0696. The lowest BCUT2D eigenvalue weighted by Gasteiger charge is -2.21. The molecule has 6 heteroatoms. The first-order valence-corrected chi connectivity index (χ1v) is 9.21. The lowest BCUT2D eigenvalue weighted by Crippen LogP contribution is -2.30. The molecule has 1 atom stereocenters. The summed E-state index contributed by atoms with van der Waals surface area (Å²) in [6.45, 7) is 4.57. The number of carboxylic acid groups (broad SMARTS) is 1. The van der Waals surface area contributed by atoms with Crippen molar-refractivity contribution in [1.29, 1.82) is 0 Å². The fraction of sp³-hybridized carbons (Fsp3) is 0.278. The SMILES string of the molecule is CC(C)C1CN(S(=O)(=O)c2ccc(C(=O)O)cc2)c2ccccc21. The highest BCUT2D eigenvalue weighted by molar-refractivity contribution is 7.92. The highest BCUT2D eigenvalue weighted by Crippen LogP contribution is 2.42. The van der Waals surface area contributed by atoms with Gasteiger partial charge in [0, 0.05) is 12.5 Å². The molecule has 1 heterocycles. The van der Waals surface area contributed by atoms with E-state index in [1.165, 1.54) is 28.6 Å². The number of para-hydroxylation sites is 1. The topological polar surface area (TPSA) is 74.7 Å². The van der Waals surface area contributed by atoms with Crippen molar-refractivity contribution in [3.05, 3.63) is 59.7 Å². The number of aromatic carboxylic acids is 1. The molecule has 126 valence electrons. The fourth-order valence-electron chi connectivity index (χ4n) is 3.10. The molecule has 2 aromatic rings. The van der Waals surface area contributed by atoms with Gasteiger partial charge in [0.1, 0.15) is 0 Å². The van der Waals surface area contributed by atoms with Crippen LogP contribution in [0.5, 0.6) is 0 Å². The third kappa shape index (κ3) is 2.67. The van der Waals surface area contributed by atoms with E-state index in [0.29, 0.717) is 18.2 Å². The summed E-state index contributed by atoms with van der Waals surface area (Å²) < 4.78 is 27.5. The van der Waals surface area contributed by atoms with Gasteiger partial charge in [-0.25, -0.2) is 13.2 Å². The Bertz CT molecular complexity index is 872. The van der Waals surface area contributed by atoms with Crippen molar-refractivity contribution in [2.45, 2.75) is 24.7 Å². The number of sulfonamides is 1. The van der Waals surface area contributed by atoms with Crippen molar-refractivity contribution >= 4 is 21.7 Å². The normalized spacial score (nSPS) is 17.1. The average molecular weight is 345 g/mol. The minimum Gasteiger partial charge on any atom is -0.478 e. The standard InChI is InChI=1S/C18H19NO4S/c1-12(2)16-11-19(17-6-4-3-5-15(16)17)24(22,23)14-9-7-13(8-10-14)18(20)21/h3-10,12,16H,11H2,1-2H3,(H,20,21). The minimum atomic E-state index is -3.72. The largest absolute Gasteiger partial charge is 0.478 e. The molecular formula is C18H19NO4S. The number of rotatable bonds is 4. The van der Waals surface area contributed by atoms with Crippen LogP contribution in [0.4, 0.5) is 5.69 Å². The minimum absolute atomic E-state index is 0.0656. The summed E-state index contributed by atoms with van der Waals surface area (Å²) in [5.74, 6) is -0.611. The number of hydrogen-bond donors (Lipinski definition) is 1. The van der Waals surface area contributed by atoms with Crippen molar-refractivity contribution in [2.24, 2.45) is 5.92 Å². The first-order valence-electron chi connectivity index (χ1n) is 7.77. The van der Waals surface area contributed by atoms with Gasteiger partial charge in [-0.05, 0) is 41.8 Å². The van der Waals surface area contributed by atoms with Gasteiger partial charge in [0.15, 0.2) is 0 Å². The van der Waals surface area contributed by atoms with Gasteiger partial charge >= 0.3 is 5.97 Å². The Hall–Kier alpha value is -2.34. The fourth-order valence-corrected chi connectivity index (χ4v) is 4.61. The summed E-state index contributed by atoms with van der Waals surface area (Å²) in [5.41, 5.74) is 1.81. The van der Waals surface area contributed by atoms with E-state index >= 15 is 0 Å². The monoisotopic (exact) mass is 345 g/mol. The molecule has 0 spiro atoms. The van der Waals surface area contributed by atoms with Gasteiger partial charge in [-0.1, -0.05) is 32.0 Å². The Balaban J connectivity index is 2.03. The number of nitrogens with zero attached hydrogens (tertiary/aromatic N) is 1. The summed E-state index contributed by atoms with van der Waals surface area (Å²) in [7, 11) is -3.72. The zero-order valence-electron chi connectivity index (χ0n) is 13.5. The first-order chi connectivity index (χ1) is 11.3. The van der Waals surface area contributed by atoms with Gasteiger partial charge in [0.25, 0.3) is 10.0 Å². The maximum atomic E-state index is 13.0. The number of fused-ring (bicyclic) bond motifs is 1. The molecule has 0 aliphatic carbocycles. The van der Waals surface area contributed by atoms with Crippen LogP contribution in [0.2, 0.25) is 0 Å². The molecule has 0 saturated heterocycles. The Labute approximate surface area is 141 Å². The molecule has 0 saturated carbocycles. The lowest BCUT2D eigenvalue weighted by atomic mass is 9.90. The summed E-state index contributed by atoms with van der Waals surface area (Å²) >= 11 is 0. The average Bonchev–Trinajstić information content (AvgIpc) is 2.95. The van der Waals surface area contributed by atoms with Crippen molar-refractivity contribution < 1.29 is 18.3 Å². The Morgan fingerprint density at radius 2 is 1.75 bits per heavy atom. The number of benzene rings is 2. The molecular weight excluding hydrogens is 326 g/mol. The second kappa shape index (κ2) is 5.94. The zero-order valence-corrected chi connectivity index (χ0v) is 14.3. The molecule has 0 fully saturated rings. The molecule has 0 bridgehead atoms. The van der Waals surface area contributed by atoms with E-state index in [-0.39, 0.29) is 16.4 Å². The molecule has 2 aromatic carbocycles. The molecule has 1 aliphatic rings. The zero-order chi connectivity index (χ0) is 17.5. The molecule has 0 radical (unpaired) electrons. The molecule has 0 aromatic heterocycles. The Morgan fingerprint density at radius 1 is 1.12 bits per heavy atom. The summed E-state index contributed by atoms with van der Waals surface area (Å²) in [5, 5.41) is 8.96. The summed E-state index contributed by atoms with van der Waals surface area (Å²) in [4.78, 5) is 11.0. The predicted octanol–water partition coefficient (Wildman–Crippen LogP) is 3.33. The van der Waals surface area contributed by atoms with Crippen LogP contribution >= 0.6 is 0 Å². The Morgan fingerprint density at radius 3 is 2.33 bits per heavy atom. The molecule has 24 heavy (non-hydrogen) atoms. The van der Waals surface area contributed by atoms with Crippen molar-refractivity contribution in [2.75, 3.05) is 10.8 Å². The van der Waals surface area contributed by atoms with E-state index in [9.17, 15) is 13.2 Å². The van der Waals surface area contributed by atoms with E-state index in [0.717, 1.165) is 5.56 Å². The van der Waals surface area contributed by atoms with Crippen LogP contribution in [-0.2, 0) is 10.0 Å². The maximum Gasteiger partial charge on any atom is 0.335 e. The third-order valence-electron chi connectivity index (χ3n) is 4.46. The number of carbonyl (C=O) groups is 1. The van der Waals surface area contributed by atoms with Crippen LogP contribution in [-0.4, -0.2) is 26.0 Å². The van der Waals surface area contributed by atoms with Gasteiger partial charge in [0.05, 0.1) is 16.1 Å². The second-order valence-corrected chi connectivity index (χ2v) is 8.14. The smallest absolute Gasteiger partial charge is 0.335 e.